The Labute approximate surface area is 133 Å². The lowest BCUT2D eigenvalue weighted by atomic mass is 10.1. The molecule has 6 nitrogen and oxygen atoms in total. The molecule has 3 N–H and O–H groups in total. The smallest absolute Gasteiger partial charge is 0.291 e. The molecule has 1 amide bonds. The summed E-state index contributed by atoms with van der Waals surface area (Å²) in [5, 5.41) is 7.68. The molecule has 0 radical (unpaired) electrons. The van der Waals surface area contributed by atoms with Gasteiger partial charge in [-0.2, -0.15) is 0 Å². The maximum Gasteiger partial charge on any atom is 0.291 e. The minimum absolute atomic E-state index is 0.0161. The second-order valence-electron chi connectivity index (χ2n) is 5.01. The third-order valence-corrected chi connectivity index (χ3v) is 4.29. The van der Waals surface area contributed by atoms with Gasteiger partial charge >= 0.3 is 0 Å². The van der Waals surface area contributed by atoms with Crippen LogP contribution in [0.15, 0.2) is 65.3 Å². The van der Waals surface area contributed by atoms with Gasteiger partial charge in [0.1, 0.15) is 5.75 Å². The largest absolute Gasteiger partial charge is 0.452 e. The van der Waals surface area contributed by atoms with Gasteiger partial charge in [-0.3, -0.25) is 4.79 Å². The summed E-state index contributed by atoms with van der Waals surface area (Å²) in [6.07, 6.45) is 2.32. The highest BCUT2D eigenvalue weighted by Gasteiger charge is 2.18. The lowest BCUT2D eigenvalue weighted by molar-refractivity contribution is -0.114. The van der Waals surface area contributed by atoms with E-state index in [1.165, 1.54) is 24.3 Å². The van der Waals surface area contributed by atoms with E-state index < -0.39 is 15.9 Å². The number of para-hydroxylation sites is 1. The fourth-order valence-corrected chi connectivity index (χ4v) is 2.71. The molecule has 23 heavy (non-hydrogen) atoms. The van der Waals surface area contributed by atoms with Crippen LogP contribution in [-0.2, 0) is 21.2 Å². The first-order valence-corrected chi connectivity index (χ1v) is 8.38. The van der Waals surface area contributed by atoms with E-state index in [2.05, 4.69) is 5.32 Å². The normalized spacial score (nSPS) is 13.5. The number of nitrogens with one attached hydrogen (secondary N) is 1. The summed E-state index contributed by atoms with van der Waals surface area (Å²) in [5.74, 6) is 0.465. The third kappa shape index (κ3) is 3.41. The molecule has 118 valence electrons. The van der Waals surface area contributed by atoms with E-state index >= 15 is 0 Å². The van der Waals surface area contributed by atoms with Gasteiger partial charge in [0, 0.05) is 5.69 Å². The summed E-state index contributed by atoms with van der Waals surface area (Å²) in [5.41, 5.74) is 1.47. The number of amides is 1. The summed E-state index contributed by atoms with van der Waals surface area (Å²) in [6.45, 7) is 0. The standard InChI is InChI=1S/C16H14N2O4S/c17-23(20,21)13-8-6-12(7-9-13)18-16(19)15-10-5-11-3-1-2-4-14(11)22-15/h1-4,6-10H,5H2,(H,18,19)(H2,17,20,21). The van der Waals surface area contributed by atoms with Crippen LogP contribution >= 0.6 is 0 Å². The number of carbonyl (C=O) groups excluding carboxylic acids is 1. The van der Waals surface area contributed by atoms with Gasteiger partial charge in [0.05, 0.1) is 4.90 Å². The van der Waals surface area contributed by atoms with Gasteiger partial charge in [-0.05, 0) is 48.4 Å². The molecule has 0 bridgehead atoms. The Hall–Kier alpha value is -2.64. The van der Waals surface area contributed by atoms with Gasteiger partial charge < -0.3 is 10.1 Å². The number of anilines is 1. The van der Waals surface area contributed by atoms with Crippen LogP contribution in [0.25, 0.3) is 0 Å². The molecule has 0 fully saturated rings. The average molecular weight is 330 g/mol. The first-order valence-electron chi connectivity index (χ1n) is 6.83. The van der Waals surface area contributed by atoms with Crippen molar-refractivity contribution in [2.45, 2.75) is 11.3 Å². The lowest BCUT2D eigenvalue weighted by Gasteiger charge is -2.17. The number of fused-ring (bicyclic) bond motifs is 1. The van der Waals surface area contributed by atoms with Gasteiger partial charge in [-0.15, -0.1) is 0 Å². The maximum absolute atomic E-state index is 12.2. The topological polar surface area (TPSA) is 98.5 Å². The summed E-state index contributed by atoms with van der Waals surface area (Å²) in [4.78, 5) is 12.2. The Morgan fingerprint density at radius 2 is 1.78 bits per heavy atom. The van der Waals surface area contributed by atoms with E-state index in [9.17, 15) is 13.2 Å². The van der Waals surface area contributed by atoms with Crippen molar-refractivity contribution in [3.63, 3.8) is 0 Å². The van der Waals surface area contributed by atoms with E-state index in [0.29, 0.717) is 17.9 Å². The molecule has 2 aromatic carbocycles. The third-order valence-electron chi connectivity index (χ3n) is 3.36. The minimum Gasteiger partial charge on any atom is -0.452 e. The molecule has 0 unspecified atom stereocenters. The molecule has 1 heterocycles. The van der Waals surface area contributed by atoms with Crippen LogP contribution in [0.5, 0.6) is 5.75 Å². The fraction of sp³-hybridized carbons (Fsp3) is 0.0625. The highest BCUT2D eigenvalue weighted by molar-refractivity contribution is 7.89. The van der Waals surface area contributed by atoms with E-state index in [1.54, 1.807) is 12.1 Å². The van der Waals surface area contributed by atoms with Gasteiger partial charge in [-0.25, -0.2) is 13.6 Å². The molecule has 0 spiro atoms. The minimum atomic E-state index is -3.75. The fourth-order valence-electron chi connectivity index (χ4n) is 2.19. The SMILES string of the molecule is NS(=O)(=O)c1ccc(NC(=O)C2=CCc3ccccc3O2)cc1. The van der Waals surface area contributed by atoms with Crippen molar-refractivity contribution in [1.29, 1.82) is 0 Å². The molecular formula is C16H14N2O4S. The van der Waals surface area contributed by atoms with Crippen LogP contribution in [0.1, 0.15) is 5.56 Å². The molecule has 2 aromatic rings. The van der Waals surface area contributed by atoms with Crippen LogP contribution < -0.4 is 15.2 Å². The average Bonchev–Trinajstić information content (AvgIpc) is 2.54. The van der Waals surface area contributed by atoms with Crippen molar-refractivity contribution in [2.75, 3.05) is 5.32 Å². The van der Waals surface area contributed by atoms with E-state index in [1.807, 2.05) is 18.2 Å². The Morgan fingerprint density at radius 1 is 1.09 bits per heavy atom. The number of rotatable bonds is 3. The highest BCUT2D eigenvalue weighted by atomic mass is 32.2. The van der Waals surface area contributed by atoms with Crippen molar-refractivity contribution in [3.8, 4) is 5.75 Å². The van der Waals surface area contributed by atoms with Crippen LogP contribution in [0.2, 0.25) is 0 Å². The maximum atomic E-state index is 12.2. The summed E-state index contributed by atoms with van der Waals surface area (Å²) < 4.78 is 28.0. The molecule has 1 aliphatic rings. The first kappa shape index (κ1) is 15.3. The number of sulfonamides is 1. The van der Waals surface area contributed by atoms with Gasteiger partial charge in [0.15, 0.2) is 5.76 Å². The van der Waals surface area contributed by atoms with Crippen molar-refractivity contribution in [1.82, 2.24) is 0 Å². The monoisotopic (exact) mass is 330 g/mol. The zero-order valence-corrected chi connectivity index (χ0v) is 12.8. The van der Waals surface area contributed by atoms with Crippen molar-refractivity contribution >= 4 is 21.6 Å². The lowest BCUT2D eigenvalue weighted by Crippen LogP contribution is -2.21. The zero-order valence-electron chi connectivity index (χ0n) is 12.0. The Balaban J connectivity index is 1.72. The molecule has 0 atom stereocenters. The zero-order chi connectivity index (χ0) is 16.4. The second-order valence-corrected chi connectivity index (χ2v) is 6.57. The van der Waals surface area contributed by atoms with E-state index in [4.69, 9.17) is 9.88 Å². The number of primary sulfonamides is 1. The number of allylic oxidation sites excluding steroid dienone is 1. The van der Waals surface area contributed by atoms with Crippen molar-refractivity contribution < 1.29 is 17.9 Å². The summed E-state index contributed by atoms with van der Waals surface area (Å²) >= 11 is 0. The number of nitrogens with two attached hydrogens (primary N) is 1. The van der Waals surface area contributed by atoms with E-state index in [-0.39, 0.29) is 10.7 Å². The number of hydrogen-bond donors (Lipinski definition) is 2. The predicted octanol–water partition coefficient (Wildman–Crippen LogP) is 1.79. The number of carbonyl (C=O) groups is 1. The highest BCUT2D eigenvalue weighted by Crippen LogP contribution is 2.26. The molecule has 1 aliphatic heterocycles. The van der Waals surface area contributed by atoms with Crippen LogP contribution in [-0.4, -0.2) is 14.3 Å². The summed E-state index contributed by atoms with van der Waals surface area (Å²) in [6, 6.07) is 13.1. The second kappa shape index (κ2) is 5.86. The van der Waals surface area contributed by atoms with Crippen molar-refractivity contribution in [2.24, 2.45) is 5.14 Å². The van der Waals surface area contributed by atoms with Crippen LogP contribution in [0, 0.1) is 0 Å². The number of ether oxygens (including phenoxy) is 1. The number of hydrogen-bond acceptors (Lipinski definition) is 4. The molecule has 0 aliphatic carbocycles. The van der Waals surface area contributed by atoms with Gasteiger partial charge in [0.2, 0.25) is 10.0 Å². The Morgan fingerprint density at radius 3 is 2.48 bits per heavy atom. The molecular weight excluding hydrogens is 316 g/mol. The van der Waals surface area contributed by atoms with Gasteiger partial charge in [-0.1, -0.05) is 18.2 Å². The van der Waals surface area contributed by atoms with Crippen LogP contribution in [0.4, 0.5) is 5.69 Å². The Bertz CT molecular complexity index is 887. The predicted molar refractivity (Wildman–Crippen MR) is 85.3 cm³/mol. The molecule has 3 rings (SSSR count). The van der Waals surface area contributed by atoms with Crippen molar-refractivity contribution in [3.05, 3.63) is 65.9 Å². The van der Waals surface area contributed by atoms with Gasteiger partial charge in [0.25, 0.3) is 5.91 Å². The molecule has 0 saturated heterocycles. The molecule has 7 heteroatoms. The molecule has 0 saturated carbocycles. The van der Waals surface area contributed by atoms with Crippen LogP contribution in [0.3, 0.4) is 0 Å². The molecule has 0 aromatic heterocycles. The number of benzene rings is 2. The first-order chi connectivity index (χ1) is 10.9. The van der Waals surface area contributed by atoms with E-state index in [0.717, 1.165) is 5.56 Å². The quantitative estimate of drug-likeness (QED) is 0.896. The summed E-state index contributed by atoms with van der Waals surface area (Å²) in [7, 11) is -3.75. The Kier molecular flexibility index (Phi) is 3.89.